The molecule has 3 heterocycles. The lowest BCUT2D eigenvalue weighted by atomic mass is 10.1. The Kier molecular flexibility index (Phi) is 4.04. The van der Waals surface area contributed by atoms with Crippen molar-refractivity contribution < 1.29 is 13.9 Å². The minimum absolute atomic E-state index is 0.231. The molecule has 0 radical (unpaired) electrons. The van der Waals surface area contributed by atoms with E-state index in [9.17, 15) is 4.79 Å². The van der Waals surface area contributed by atoms with Gasteiger partial charge < -0.3 is 13.7 Å². The van der Waals surface area contributed by atoms with Gasteiger partial charge in [-0.05, 0) is 32.9 Å². The fraction of sp³-hybridized carbons (Fsp3) is 0.312. The van der Waals surface area contributed by atoms with E-state index < -0.39 is 5.97 Å². The highest BCUT2D eigenvalue weighted by Gasteiger charge is 2.25. The summed E-state index contributed by atoms with van der Waals surface area (Å²) < 4.78 is 12.7. The second-order valence-electron chi connectivity index (χ2n) is 5.76. The molecule has 0 fully saturated rings. The van der Waals surface area contributed by atoms with E-state index in [-0.39, 0.29) is 12.1 Å². The van der Waals surface area contributed by atoms with Gasteiger partial charge in [-0.25, -0.2) is 14.8 Å². The van der Waals surface area contributed by atoms with Crippen molar-refractivity contribution in [3.63, 3.8) is 0 Å². The molecule has 3 rings (SSSR count). The van der Waals surface area contributed by atoms with Crippen LogP contribution in [0.1, 0.15) is 29.2 Å². The zero-order valence-corrected chi connectivity index (χ0v) is 14.0. The van der Waals surface area contributed by atoms with Gasteiger partial charge in [-0.3, -0.25) is 0 Å². The predicted octanol–water partition coefficient (Wildman–Crippen LogP) is 3.50. The Morgan fingerprint density at radius 1 is 1.48 bits per heavy atom. The van der Waals surface area contributed by atoms with Gasteiger partial charge in [0.1, 0.15) is 6.61 Å². The molecule has 0 unspecified atom stereocenters. The lowest BCUT2D eigenvalue weighted by molar-refractivity contribution is 0.0351. The van der Waals surface area contributed by atoms with Gasteiger partial charge in [0.15, 0.2) is 16.5 Å². The van der Waals surface area contributed by atoms with E-state index in [1.165, 1.54) is 11.3 Å². The number of thiazole rings is 1. The summed E-state index contributed by atoms with van der Waals surface area (Å²) >= 11 is 1.41. The van der Waals surface area contributed by atoms with E-state index in [4.69, 9.17) is 9.15 Å². The number of rotatable bonds is 5. The Balaban J connectivity index is 1.72. The number of nitrogens with zero attached hydrogens (tertiary/aromatic N) is 3. The Morgan fingerprint density at radius 3 is 2.96 bits per heavy atom. The van der Waals surface area contributed by atoms with Gasteiger partial charge in [0, 0.05) is 17.3 Å². The zero-order valence-electron chi connectivity index (χ0n) is 13.1. The molecule has 0 N–H and O–H groups in total. The number of esters is 1. The number of ether oxygens (including phenoxy) is 1. The fourth-order valence-corrected chi connectivity index (χ4v) is 2.96. The molecule has 0 aliphatic carbocycles. The van der Waals surface area contributed by atoms with Crippen LogP contribution in [-0.4, -0.2) is 27.1 Å². The van der Waals surface area contributed by atoms with Crippen molar-refractivity contribution in [2.24, 2.45) is 0 Å². The average molecular weight is 331 g/mol. The van der Waals surface area contributed by atoms with E-state index in [1.807, 2.05) is 37.6 Å². The number of carbonyl (C=O) groups is 1. The minimum Gasteiger partial charge on any atom is -0.462 e. The summed E-state index contributed by atoms with van der Waals surface area (Å²) in [6, 6.07) is 3.60. The van der Waals surface area contributed by atoms with Crippen molar-refractivity contribution in [1.29, 1.82) is 0 Å². The minimum atomic E-state index is -0.426. The fourth-order valence-electron chi connectivity index (χ4n) is 2.09. The van der Waals surface area contributed by atoms with Crippen LogP contribution in [0.25, 0.3) is 10.8 Å². The molecule has 0 aliphatic heterocycles. The normalized spacial score (nSPS) is 11.6. The topological polar surface area (TPSA) is 70.2 Å². The molecule has 3 aromatic rings. The maximum absolute atomic E-state index is 12.3. The number of carbonyl (C=O) groups excluding carboxylic acids is 1. The molecule has 0 spiro atoms. The number of aryl methyl sites for hydroxylation is 1. The number of hydrogen-bond acceptors (Lipinski definition) is 6. The van der Waals surface area contributed by atoms with Crippen LogP contribution in [0.5, 0.6) is 0 Å². The molecule has 23 heavy (non-hydrogen) atoms. The molecular weight excluding hydrogens is 314 g/mol. The summed E-state index contributed by atoms with van der Waals surface area (Å²) in [6.07, 6.45) is 6.83. The van der Waals surface area contributed by atoms with Gasteiger partial charge in [0.05, 0.1) is 18.1 Å². The molecule has 3 aromatic heterocycles. The third kappa shape index (κ3) is 3.19. The third-order valence-electron chi connectivity index (χ3n) is 3.48. The van der Waals surface area contributed by atoms with Crippen molar-refractivity contribution in [3.05, 3.63) is 47.7 Å². The first-order valence-electron chi connectivity index (χ1n) is 7.14. The first-order chi connectivity index (χ1) is 11.0. The maximum Gasteiger partial charge on any atom is 0.358 e. The van der Waals surface area contributed by atoms with E-state index >= 15 is 0 Å². The zero-order chi connectivity index (χ0) is 16.4. The Morgan fingerprint density at radius 2 is 2.30 bits per heavy atom. The highest BCUT2D eigenvalue weighted by molar-refractivity contribution is 7.15. The lowest BCUT2D eigenvalue weighted by Gasteiger charge is -2.25. The molecule has 0 bridgehead atoms. The van der Waals surface area contributed by atoms with Crippen molar-refractivity contribution in [2.45, 2.75) is 26.3 Å². The summed E-state index contributed by atoms with van der Waals surface area (Å²) in [5.74, 6) is 0.223. The third-order valence-corrected chi connectivity index (χ3v) is 4.47. The van der Waals surface area contributed by atoms with E-state index in [0.717, 1.165) is 4.88 Å². The Bertz CT molecular complexity index is 789. The van der Waals surface area contributed by atoms with Crippen LogP contribution in [-0.2, 0) is 10.3 Å². The van der Waals surface area contributed by atoms with Crippen LogP contribution >= 0.6 is 11.3 Å². The van der Waals surface area contributed by atoms with Crippen LogP contribution < -0.4 is 0 Å². The van der Waals surface area contributed by atoms with Gasteiger partial charge >= 0.3 is 5.97 Å². The molecule has 0 atom stereocenters. The first kappa shape index (κ1) is 15.5. The summed E-state index contributed by atoms with van der Waals surface area (Å²) in [5.41, 5.74) is -0.0391. The summed E-state index contributed by atoms with van der Waals surface area (Å²) in [6.45, 7) is 6.03. The molecule has 7 heteroatoms. The van der Waals surface area contributed by atoms with Gasteiger partial charge in [-0.15, -0.1) is 11.3 Å². The first-order valence-corrected chi connectivity index (χ1v) is 7.96. The second kappa shape index (κ2) is 6.00. The maximum atomic E-state index is 12.3. The van der Waals surface area contributed by atoms with Crippen molar-refractivity contribution in [2.75, 3.05) is 6.61 Å². The Hall–Kier alpha value is -2.41. The highest BCUT2D eigenvalue weighted by atomic mass is 32.1. The quantitative estimate of drug-likeness (QED) is 0.669. The van der Waals surface area contributed by atoms with Crippen LogP contribution in [0.3, 0.4) is 0 Å². The van der Waals surface area contributed by atoms with Gasteiger partial charge in [0.2, 0.25) is 0 Å². The predicted molar refractivity (Wildman–Crippen MR) is 86.4 cm³/mol. The molecule has 0 aliphatic rings. The smallest absolute Gasteiger partial charge is 0.358 e. The number of furan rings is 1. The standard InChI is InChI=1S/C16H17N3O3S/c1-11-13(18-14(23-11)12-5-4-8-21-12)15(20)22-9-16(2,3)19-7-6-17-10-19/h4-8,10H,9H2,1-3H3. The van der Waals surface area contributed by atoms with E-state index in [0.29, 0.717) is 16.5 Å². The number of imidazole rings is 1. The van der Waals surface area contributed by atoms with Gasteiger partial charge in [0.25, 0.3) is 0 Å². The van der Waals surface area contributed by atoms with Crippen molar-refractivity contribution in [1.82, 2.24) is 14.5 Å². The van der Waals surface area contributed by atoms with Crippen molar-refractivity contribution in [3.8, 4) is 10.8 Å². The van der Waals surface area contributed by atoms with Crippen LogP contribution in [0.2, 0.25) is 0 Å². The number of hydrogen-bond donors (Lipinski definition) is 0. The van der Waals surface area contributed by atoms with E-state index in [2.05, 4.69) is 9.97 Å². The van der Waals surface area contributed by atoms with Crippen LogP contribution in [0.15, 0.2) is 41.5 Å². The molecule has 0 saturated carbocycles. The van der Waals surface area contributed by atoms with Crippen molar-refractivity contribution >= 4 is 17.3 Å². The largest absolute Gasteiger partial charge is 0.462 e. The SMILES string of the molecule is Cc1sc(-c2ccco2)nc1C(=O)OCC(C)(C)n1ccnc1. The second-order valence-corrected chi connectivity index (χ2v) is 6.96. The Labute approximate surface area is 137 Å². The van der Waals surface area contributed by atoms with E-state index in [1.54, 1.807) is 24.9 Å². The summed E-state index contributed by atoms with van der Waals surface area (Å²) in [4.78, 5) is 21.5. The highest BCUT2D eigenvalue weighted by Crippen LogP contribution is 2.28. The molecule has 6 nitrogen and oxygen atoms in total. The molecule has 0 saturated heterocycles. The molecule has 120 valence electrons. The average Bonchev–Trinajstić information content (AvgIpc) is 3.24. The van der Waals surface area contributed by atoms with Gasteiger partial charge in [-0.1, -0.05) is 0 Å². The van der Waals surface area contributed by atoms with Crippen LogP contribution in [0.4, 0.5) is 0 Å². The summed E-state index contributed by atoms with van der Waals surface area (Å²) in [7, 11) is 0. The monoisotopic (exact) mass is 331 g/mol. The van der Waals surface area contributed by atoms with Crippen LogP contribution in [0, 0.1) is 6.92 Å². The molecule has 0 aromatic carbocycles. The summed E-state index contributed by atoms with van der Waals surface area (Å²) in [5, 5.41) is 0.674. The van der Waals surface area contributed by atoms with Gasteiger partial charge in [-0.2, -0.15) is 0 Å². The molecular formula is C16H17N3O3S. The molecule has 0 amide bonds. The lowest BCUT2D eigenvalue weighted by Crippen LogP contribution is -2.32. The number of aromatic nitrogens is 3.